The molecule has 0 radical (unpaired) electrons. The van der Waals surface area contributed by atoms with E-state index in [1.807, 2.05) is 0 Å². The van der Waals surface area contributed by atoms with Crippen LogP contribution in [0.2, 0.25) is 0 Å². The average Bonchev–Trinajstić information content (AvgIpc) is 3.33. The molecule has 0 aliphatic heterocycles. The second-order valence-corrected chi connectivity index (χ2v) is 7.00. The van der Waals surface area contributed by atoms with Crippen LogP contribution in [0.1, 0.15) is 65.1 Å². The van der Waals surface area contributed by atoms with Crippen LogP contribution in [0.4, 0.5) is 5.69 Å². The molecule has 2 amide bonds. The van der Waals surface area contributed by atoms with Crippen molar-refractivity contribution in [1.82, 2.24) is 10.5 Å². The van der Waals surface area contributed by atoms with Crippen molar-refractivity contribution >= 4 is 33.4 Å². The Morgan fingerprint density at radius 3 is 2.76 bits per heavy atom. The van der Waals surface area contributed by atoms with Crippen molar-refractivity contribution in [2.75, 3.05) is 11.9 Å². The fraction of sp³-hybridized carbons (Fsp3) is 0.389. The van der Waals surface area contributed by atoms with Crippen molar-refractivity contribution in [2.24, 2.45) is 0 Å². The fourth-order valence-corrected chi connectivity index (χ4v) is 2.86. The summed E-state index contributed by atoms with van der Waals surface area (Å²) in [5.41, 5.74) is 1.37. The third-order valence-corrected chi connectivity index (χ3v) is 4.69. The predicted molar refractivity (Wildman–Crippen MR) is 97.8 cm³/mol. The van der Waals surface area contributed by atoms with E-state index in [0.717, 1.165) is 31.4 Å². The highest BCUT2D eigenvalue weighted by molar-refractivity contribution is 9.10. The van der Waals surface area contributed by atoms with Crippen molar-refractivity contribution in [3.63, 3.8) is 0 Å². The summed E-state index contributed by atoms with van der Waals surface area (Å²) in [4.78, 5) is 24.3. The third kappa shape index (κ3) is 4.48. The highest BCUT2D eigenvalue weighted by atomic mass is 79.9. The van der Waals surface area contributed by atoms with E-state index < -0.39 is 0 Å². The number of hydrogen-bond donors (Lipinski definition) is 2. The molecule has 1 saturated carbocycles. The lowest BCUT2D eigenvalue weighted by atomic mass is 10.2. The standard InChI is InChI=1S/C18H20BrN3O3/c1-2-3-8-20-17(23)12-6-7-14(13(19)9-12)21-18(24)15-10-16(25-22-15)11-4-5-11/h6-7,9-11H,2-5,8H2,1H3,(H,20,23)(H,21,24). The Hall–Kier alpha value is -2.15. The van der Waals surface area contributed by atoms with E-state index in [9.17, 15) is 9.59 Å². The SMILES string of the molecule is CCCCNC(=O)c1ccc(NC(=O)c2cc(C3CC3)on2)c(Br)c1. The molecule has 1 aromatic heterocycles. The van der Waals surface area contributed by atoms with Crippen molar-refractivity contribution in [3.05, 3.63) is 45.8 Å². The van der Waals surface area contributed by atoms with Gasteiger partial charge in [0.05, 0.1) is 5.69 Å². The fourth-order valence-electron chi connectivity index (χ4n) is 2.38. The van der Waals surface area contributed by atoms with E-state index in [-0.39, 0.29) is 17.5 Å². The Morgan fingerprint density at radius 1 is 1.28 bits per heavy atom. The zero-order valence-electron chi connectivity index (χ0n) is 14.0. The lowest BCUT2D eigenvalue weighted by molar-refractivity contribution is 0.0952. The Labute approximate surface area is 154 Å². The van der Waals surface area contributed by atoms with Crippen LogP contribution in [0.25, 0.3) is 0 Å². The quantitative estimate of drug-likeness (QED) is 0.679. The van der Waals surface area contributed by atoms with Gasteiger partial charge in [0, 0.05) is 28.6 Å². The second-order valence-electron chi connectivity index (χ2n) is 6.15. The number of unbranched alkanes of at least 4 members (excludes halogenated alkanes) is 1. The first-order valence-corrected chi connectivity index (χ1v) is 9.23. The number of amides is 2. The summed E-state index contributed by atoms with van der Waals surface area (Å²) in [7, 11) is 0. The molecule has 7 heteroatoms. The van der Waals surface area contributed by atoms with E-state index in [1.165, 1.54) is 0 Å². The number of aromatic nitrogens is 1. The van der Waals surface area contributed by atoms with Gasteiger partial charge in [-0.25, -0.2) is 0 Å². The summed E-state index contributed by atoms with van der Waals surface area (Å²) in [6.07, 6.45) is 4.15. The predicted octanol–water partition coefficient (Wildman–Crippen LogP) is 4.10. The molecule has 0 bridgehead atoms. The molecule has 0 spiro atoms. The van der Waals surface area contributed by atoms with Gasteiger partial charge in [0.2, 0.25) is 0 Å². The number of hydrogen-bond acceptors (Lipinski definition) is 4. The van der Waals surface area contributed by atoms with E-state index in [4.69, 9.17) is 4.52 Å². The van der Waals surface area contributed by atoms with E-state index in [2.05, 4.69) is 38.6 Å². The van der Waals surface area contributed by atoms with E-state index >= 15 is 0 Å². The van der Waals surface area contributed by atoms with Crippen LogP contribution in [0.5, 0.6) is 0 Å². The summed E-state index contributed by atoms with van der Waals surface area (Å²) >= 11 is 3.40. The molecule has 3 rings (SSSR count). The molecule has 2 N–H and O–H groups in total. The number of nitrogens with one attached hydrogen (secondary N) is 2. The van der Waals surface area contributed by atoms with Gasteiger partial charge in [0.25, 0.3) is 11.8 Å². The summed E-state index contributed by atoms with van der Waals surface area (Å²) < 4.78 is 5.83. The second kappa shape index (κ2) is 7.82. The number of halogens is 1. The maximum atomic E-state index is 12.3. The maximum absolute atomic E-state index is 12.3. The third-order valence-electron chi connectivity index (χ3n) is 4.04. The Morgan fingerprint density at radius 2 is 2.08 bits per heavy atom. The summed E-state index contributed by atoms with van der Waals surface area (Å²) in [5, 5.41) is 9.46. The Kier molecular flexibility index (Phi) is 5.53. The van der Waals surface area contributed by atoms with Crippen molar-refractivity contribution in [2.45, 2.75) is 38.5 Å². The number of benzene rings is 1. The molecular formula is C18H20BrN3O3. The largest absolute Gasteiger partial charge is 0.360 e. The number of anilines is 1. The normalized spacial score (nSPS) is 13.5. The lowest BCUT2D eigenvalue weighted by Gasteiger charge is -2.09. The molecule has 1 aromatic carbocycles. The van der Waals surface area contributed by atoms with Gasteiger partial charge in [-0.05, 0) is 53.4 Å². The summed E-state index contributed by atoms with van der Waals surface area (Å²) in [6, 6.07) is 6.75. The lowest BCUT2D eigenvalue weighted by Crippen LogP contribution is -2.24. The molecule has 0 atom stereocenters. The van der Waals surface area contributed by atoms with Crippen LogP contribution in [-0.2, 0) is 0 Å². The van der Waals surface area contributed by atoms with Gasteiger partial charge in [-0.2, -0.15) is 0 Å². The van der Waals surface area contributed by atoms with Gasteiger partial charge in [0.1, 0.15) is 5.76 Å². The average molecular weight is 406 g/mol. The van der Waals surface area contributed by atoms with Gasteiger partial charge in [-0.1, -0.05) is 18.5 Å². The van der Waals surface area contributed by atoms with Crippen LogP contribution >= 0.6 is 15.9 Å². The van der Waals surface area contributed by atoms with Crippen LogP contribution in [0.3, 0.4) is 0 Å². The Bertz CT molecular complexity index is 784. The van der Waals surface area contributed by atoms with Crippen LogP contribution in [0, 0.1) is 0 Å². The first-order valence-electron chi connectivity index (χ1n) is 8.44. The van der Waals surface area contributed by atoms with Gasteiger partial charge in [-0.3, -0.25) is 9.59 Å². The topological polar surface area (TPSA) is 84.2 Å². The molecule has 25 heavy (non-hydrogen) atoms. The van der Waals surface area contributed by atoms with Crippen LogP contribution in [0.15, 0.2) is 33.3 Å². The van der Waals surface area contributed by atoms with Crippen molar-refractivity contribution in [1.29, 1.82) is 0 Å². The van der Waals surface area contributed by atoms with Gasteiger partial charge < -0.3 is 15.2 Å². The molecule has 132 valence electrons. The first-order chi connectivity index (χ1) is 12.1. The number of carbonyl (C=O) groups excluding carboxylic acids is 2. The highest BCUT2D eigenvalue weighted by Crippen LogP contribution is 2.40. The Balaban J connectivity index is 1.63. The summed E-state index contributed by atoms with van der Waals surface area (Å²) in [5.74, 6) is 0.712. The molecule has 6 nitrogen and oxygen atoms in total. The zero-order chi connectivity index (χ0) is 17.8. The number of carbonyl (C=O) groups is 2. The zero-order valence-corrected chi connectivity index (χ0v) is 15.6. The molecular weight excluding hydrogens is 386 g/mol. The minimum atomic E-state index is -0.337. The van der Waals surface area contributed by atoms with Crippen LogP contribution < -0.4 is 10.6 Å². The van der Waals surface area contributed by atoms with Gasteiger partial charge >= 0.3 is 0 Å². The van der Waals surface area contributed by atoms with Gasteiger partial charge in [-0.15, -0.1) is 0 Å². The molecule has 1 fully saturated rings. The first kappa shape index (κ1) is 17.7. The molecule has 1 heterocycles. The molecule has 2 aromatic rings. The summed E-state index contributed by atoms with van der Waals surface area (Å²) in [6.45, 7) is 2.73. The number of nitrogens with zero attached hydrogens (tertiary/aromatic N) is 1. The van der Waals surface area contributed by atoms with E-state index in [1.54, 1.807) is 24.3 Å². The van der Waals surface area contributed by atoms with Gasteiger partial charge in [0.15, 0.2) is 5.69 Å². The molecule has 0 unspecified atom stereocenters. The molecule has 1 aliphatic rings. The smallest absolute Gasteiger partial charge is 0.277 e. The minimum Gasteiger partial charge on any atom is -0.360 e. The monoisotopic (exact) mass is 405 g/mol. The van der Waals surface area contributed by atoms with Crippen LogP contribution in [-0.4, -0.2) is 23.5 Å². The minimum absolute atomic E-state index is 0.127. The molecule has 1 aliphatic carbocycles. The highest BCUT2D eigenvalue weighted by Gasteiger charge is 2.29. The van der Waals surface area contributed by atoms with E-state index in [0.29, 0.717) is 28.2 Å². The maximum Gasteiger partial charge on any atom is 0.277 e. The number of rotatable bonds is 7. The van der Waals surface area contributed by atoms with Crippen molar-refractivity contribution in [3.8, 4) is 0 Å². The van der Waals surface area contributed by atoms with Crippen molar-refractivity contribution < 1.29 is 14.1 Å². The molecule has 0 saturated heterocycles.